The van der Waals surface area contributed by atoms with Crippen molar-refractivity contribution in [3.05, 3.63) is 103 Å². The molecule has 3 nitrogen and oxygen atoms in total. The van der Waals surface area contributed by atoms with Gasteiger partial charge < -0.3 is 14.7 Å². The van der Waals surface area contributed by atoms with Crippen LogP contribution in [-0.2, 0) is 0 Å². The fraction of sp³-hybridized carbons (Fsp3) is 0.235. The molecule has 37 heavy (non-hydrogen) atoms. The molecular formula is C34H37N3. The highest BCUT2D eigenvalue weighted by atomic mass is 15.2. The van der Waals surface area contributed by atoms with E-state index in [1.807, 2.05) is 0 Å². The van der Waals surface area contributed by atoms with Crippen molar-refractivity contribution in [1.29, 1.82) is 0 Å². The summed E-state index contributed by atoms with van der Waals surface area (Å²) in [6, 6.07) is 37.8. The van der Waals surface area contributed by atoms with E-state index >= 15 is 0 Å². The molecule has 0 aliphatic heterocycles. The van der Waals surface area contributed by atoms with Crippen LogP contribution in [0.1, 0.15) is 27.7 Å². The SMILES string of the molecule is CCN(CC)c1cccc(N(c2cccc(N(CC)CC)c2)c2c3ccccc3cc3ccccc23)c1. The summed E-state index contributed by atoms with van der Waals surface area (Å²) in [4.78, 5) is 7.29. The van der Waals surface area contributed by atoms with E-state index in [0.717, 1.165) is 26.2 Å². The van der Waals surface area contributed by atoms with Crippen LogP contribution in [0.4, 0.5) is 28.4 Å². The highest BCUT2D eigenvalue weighted by Crippen LogP contribution is 2.45. The summed E-state index contributed by atoms with van der Waals surface area (Å²) in [5.74, 6) is 0. The molecule has 0 bridgehead atoms. The molecule has 0 amide bonds. The minimum absolute atomic E-state index is 0.981. The zero-order valence-corrected chi connectivity index (χ0v) is 22.5. The van der Waals surface area contributed by atoms with Crippen LogP contribution in [0.15, 0.2) is 103 Å². The summed E-state index contributed by atoms with van der Waals surface area (Å²) in [6.07, 6.45) is 0. The van der Waals surface area contributed by atoms with Crippen LogP contribution in [0.2, 0.25) is 0 Å². The number of hydrogen-bond acceptors (Lipinski definition) is 3. The Balaban J connectivity index is 1.83. The summed E-state index contributed by atoms with van der Waals surface area (Å²) >= 11 is 0. The molecule has 3 heteroatoms. The van der Waals surface area contributed by atoms with Crippen LogP contribution in [0.5, 0.6) is 0 Å². The lowest BCUT2D eigenvalue weighted by molar-refractivity contribution is 0.865. The molecule has 0 atom stereocenters. The average molecular weight is 488 g/mol. The number of rotatable bonds is 9. The van der Waals surface area contributed by atoms with Crippen LogP contribution >= 0.6 is 0 Å². The summed E-state index contributed by atoms with van der Waals surface area (Å²) < 4.78 is 0. The third-order valence-corrected chi connectivity index (χ3v) is 7.40. The maximum atomic E-state index is 2.46. The number of hydrogen-bond donors (Lipinski definition) is 0. The first-order valence-electron chi connectivity index (χ1n) is 13.6. The molecule has 0 saturated carbocycles. The lowest BCUT2D eigenvalue weighted by Gasteiger charge is -2.31. The smallest absolute Gasteiger partial charge is 0.0618 e. The minimum Gasteiger partial charge on any atom is -0.372 e. The van der Waals surface area contributed by atoms with E-state index < -0.39 is 0 Å². The van der Waals surface area contributed by atoms with Gasteiger partial charge in [-0.05, 0) is 80.9 Å². The number of benzene rings is 5. The normalized spacial score (nSPS) is 11.1. The summed E-state index contributed by atoms with van der Waals surface area (Å²) in [5.41, 5.74) is 6.06. The molecule has 188 valence electrons. The molecule has 0 heterocycles. The lowest BCUT2D eigenvalue weighted by atomic mass is 9.99. The van der Waals surface area contributed by atoms with Crippen LogP contribution in [0.3, 0.4) is 0 Å². The number of nitrogens with zero attached hydrogens (tertiary/aromatic N) is 3. The topological polar surface area (TPSA) is 9.72 Å². The Kier molecular flexibility index (Phi) is 7.32. The molecule has 0 aliphatic rings. The van der Waals surface area contributed by atoms with E-state index in [2.05, 4.69) is 146 Å². The van der Waals surface area contributed by atoms with Crippen molar-refractivity contribution in [1.82, 2.24) is 0 Å². The van der Waals surface area contributed by atoms with Crippen molar-refractivity contribution < 1.29 is 0 Å². The fourth-order valence-corrected chi connectivity index (χ4v) is 5.47. The summed E-state index contributed by atoms with van der Waals surface area (Å²) in [7, 11) is 0. The van der Waals surface area contributed by atoms with Crippen LogP contribution in [0, 0.1) is 0 Å². The van der Waals surface area contributed by atoms with Gasteiger partial charge in [0.25, 0.3) is 0 Å². The van der Waals surface area contributed by atoms with Crippen molar-refractivity contribution in [3.63, 3.8) is 0 Å². The Hall–Kier alpha value is -3.98. The molecule has 0 fully saturated rings. The molecule has 5 aromatic rings. The van der Waals surface area contributed by atoms with E-state index in [1.54, 1.807) is 0 Å². The maximum Gasteiger partial charge on any atom is 0.0618 e. The Morgan fingerprint density at radius 2 is 0.838 bits per heavy atom. The first-order valence-corrected chi connectivity index (χ1v) is 13.6. The molecule has 5 rings (SSSR count). The Labute approximate surface area is 221 Å². The van der Waals surface area contributed by atoms with Crippen LogP contribution in [0.25, 0.3) is 21.5 Å². The molecule has 0 aromatic heterocycles. The van der Waals surface area contributed by atoms with Crippen molar-refractivity contribution in [2.75, 3.05) is 40.9 Å². The van der Waals surface area contributed by atoms with Gasteiger partial charge in [0.2, 0.25) is 0 Å². The molecule has 0 spiro atoms. The van der Waals surface area contributed by atoms with Gasteiger partial charge in [-0.3, -0.25) is 0 Å². The number of fused-ring (bicyclic) bond motifs is 2. The predicted octanol–water partition coefficient (Wildman–Crippen LogP) is 9.16. The van der Waals surface area contributed by atoms with E-state index in [9.17, 15) is 0 Å². The van der Waals surface area contributed by atoms with Gasteiger partial charge in [-0.2, -0.15) is 0 Å². The third-order valence-electron chi connectivity index (χ3n) is 7.40. The molecule has 0 N–H and O–H groups in total. The van der Waals surface area contributed by atoms with Crippen molar-refractivity contribution >= 4 is 50.0 Å². The van der Waals surface area contributed by atoms with Gasteiger partial charge in [0.1, 0.15) is 0 Å². The van der Waals surface area contributed by atoms with Crippen molar-refractivity contribution in [2.45, 2.75) is 27.7 Å². The Morgan fingerprint density at radius 1 is 0.432 bits per heavy atom. The zero-order valence-electron chi connectivity index (χ0n) is 22.5. The van der Waals surface area contributed by atoms with Gasteiger partial charge >= 0.3 is 0 Å². The average Bonchev–Trinajstić information content (AvgIpc) is 2.95. The molecule has 0 unspecified atom stereocenters. The summed E-state index contributed by atoms with van der Waals surface area (Å²) in [5, 5.41) is 5.01. The predicted molar refractivity (Wildman–Crippen MR) is 163 cm³/mol. The Morgan fingerprint density at radius 3 is 1.27 bits per heavy atom. The van der Waals surface area contributed by atoms with E-state index in [1.165, 1.54) is 50.0 Å². The van der Waals surface area contributed by atoms with Gasteiger partial charge in [-0.15, -0.1) is 0 Å². The van der Waals surface area contributed by atoms with Gasteiger partial charge in [0.05, 0.1) is 5.69 Å². The number of anilines is 5. The zero-order chi connectivity index (χ0) is 25.8. The second-order valence-corrected chi connectivity index (χ2v) is 9.39. The second-order valence-electron chi connectivity index (χ2n) is 9.39. The monoisotopic (exact) mass is 487 g/mol. The third kappa shape index (κ3) is 4.74. The largest absolute Gasteiger partial charge is 0.372 e. The molecule has 0 aliphatic carbocycles. The molecule has 0 radical (unpaired) electrons. The second kappa shape index (κ2) is 11.0. The van der Waals surface area contributed by atoms with Gasteiger partial charge in [-0.25, -0.2) is 0 Å². The van der Waals surface area contributed by atoms with E-state index in [-0.39, 0.29) is 0 Å². The standard InChI is InChI=1S/C34H37N3/c1-5-35(6-2)28-17-13-19-30(24-28)37(31-20-14-18-29(25-31)36(7-3)8-4)34-32-21-11-9-15-26(32)23-27-16-10-12-22-33(27)34/h9-25H,5-8H2,1-4H3. The van der Waals surface area contributed by atoms with Crippen LogP contribution in [-0.4, -0.2) is 26.2 Å². The first kappa shape index (κ1) is 24.7. The van der Waals surface area contributed by atoms with Gasteiger partial charge in [0.15, 0.2) is 0 Å². The lowest BCUT2D eigenvalue weighted by Crippen LogP contribution is -2.23. The van der Waals surface area contributed by atoms with E-state index in [4.69, 9.17) is 0 Å². The van der Waals surface area contributed by atoms with Crippen LogP contribution < -0.4 is 14.7 Å². The fourth-order valence-electron chi connectivity index (χ4n) is 5.47. The Bertz CT molecular complexity index is 1390. The molecule has 5 aromatic carbocycles. The van der Waals surface area contributed by atoms with Gasteiger partial charge in [0, 0.05) is 59.7 Å². The molecule has 0 saturated heterocycles. The first-order chi connectivity index (χ1) is 18.2. The highest BCUT2D eigenvalue weighted by Gasteiger charge is 2.20. The summed E-state index contributed by atoms with van der Waals surface area (Å²) in [6.45, 7) is 12.8. The minimum atomic E-state index is 0.981. The van der Waals surface area contributed by atoms with Crippen molar-refractivity contribution in [2.24, 2.45) is 0 Å². The molecular weight excluding hydrogens is 450 g/mol. The maximum absolute atomic E-state index is 2.46. The highest BCUT2D eigenvalue weighted by molar-refractivity contribution is 6.14. The van der Waals surface area contributed by atoms with E-state index in [0.29, 0.717) is 0 Å². The van der Waals surface area contributed by atoms with Crippen molar-refractivity contribution in [3.8, 4) is 0 Å². The van der Waals surface area contributed by atoms with Gasteiger partial charge in [-0.1, -0.05) is 60.7 Å². The quantitative estimate of drug-likeness (QED) is 0.192.